The highest BCUT2D eigenvalue weighted by Crippen LogP contribution is 2.21. The quantitative estimate of drug-likeness (QED) is 0.706. The average molecular weight is 346 g/mol. The third-order valence-electron chi connectivity index (χ3n) is 2.76. The van der Waals surface area contributed by atoms with Crippen molar-refractivity contribution in [2.75, 3.05) is 5.32 Å². The van der Waals surface area contributed by atoms with Gasteiger partial charge in [0, 0.05) is 18.7 Å². The van der Waals surface area contributed by atoms with Crippen LogP contribution in [0.4, 0.5) is 19.0 Å². The first-order valence-corrected chi connectivity index (χ1v) is 6.59. The number of aryl methyl sites for hydroxylation is 1. The molecule has 0 saturated carbocycles. The van der Waals surface area contributed by atoms with Crippen molar-refractivity contribution < 1.29 is 37.8 Å². The van der Waals surface area contributed by atoms with Crippen LogP contribution >= 0.6 is 0 Å². The highest BCUT2D eigenvalue weighted by Gasteiger charge is 2.38. The van der Waals surface area contributed by atoms with Gasteiger partial charge in [0.05, 0.1) is 0 Å². The number of fused-ring (bicyclic) bond motifs is 1. The van der Waals surface area contributed by atoms with E-state index in [0.717, 1.165) is 30.0 Å². The standard InChI is InChI=1S/C12H12N2O3.C2HF3O2/c15-10-3-1-2-9-6-8(4-5-11(16)17)7-13-12(9)14-10;3-2(4,5)1(6)7/h4-7H,1-3H2,(H,16,17)(H,13,14,15);(H,6,7)/b5-4+;. The summed E-state index contributed by atoms with van der Waals surface area (Å²) in [6.07, 6.45) is 1.07. The molecule has 2 rings (SSSR count). The monoisotopic (exact) mass is 346 g/mol. The van der Waals surface area contributed by atoms with Crippen LogP contribution in [0.5, 0.6) is 0 Å². The van der Waals surface area contributed by atoms with E-state index in [4.69, 9.17) is 15.0 Å². The van der Waals surface area contributed by atoms with Crippen LogP contribution in [0.25, 0.3) is 6.08 Å². The van der Waals surface area contributed by atoms with Crippen LogP contribution in [0.2, 0.25) is 0 Å². The largest absolute Gasteiger partial charge is 0.490 e. The third-order valence-corrected chi connectivity index (χ3v) is 2.76. The maximum Gasteiger partial charge on any atom is 0.490 e. The number of halogens is 3. The fourth-order valence-corrected chi connectivity index (χ4v) is 1.72. The van der Waals surface area contributed by atoms with Crippen LogP contribution in [0.1, 0.15) is 24.0 Å². The molecule has 1 aromatic heterocycles. The van der Waals surface area contributed by atoms with E-state index in [9.17, 15) is 22.8 Å². The topological polar surface area (TPSA) is 117 Å². The van der Waals surface area contributed by atoms with E-state index in [-0.39, 0.29) is 5.91 Å². The molecule has 0 unspecified atom stereocenters. The predicted molar refractivity (Wildman–Crippen MR) is 76.2 cm³/mol. The average Bonchev–Trinajstić information content (AvgIpc) is 2.64. The number of carboxylic acids is 2. The van der Waals surface area contributed by atoms with E-state index in [1.165, 1.54) is 6.08 Å². The Kier molecular flexibility index (Phi) is 6.45. The van der Waals surface area contributed by atoms with Gasteiger partial charge >= 0.3 is 18.1 Å². The van der Waals surface area contributed by atoms with Crippen molar-refractivity contribution in [1.29, 1.82) is 0 Å². The number of hydrogen-bond donors (Lipinski definition) is 3. The number of rotatable bonds is 2. The number of aromatic nitrogens is 1. The maximum atomic E-state index is 11.3. The predicted octanol–water partition coefficient (Wildman–Crippen LogP) is 2.09. The summed E-state index contributed by atoms with van der Waals surface area (Å²) in [4.78, 5) is 34.7. The first kappa shape index (κ1) is 19.1. The highest BCUT2D eigenvalue weighted by molar-refractivity contribution is 5.91. The normalized spacial score (nSPS) is 14.0. The van der Waals surface area contributed by atoms with Gasteiger partial charge in [-0.25, -0.2) is 14.6 Å². The molecule has 7 nitrogen and oxygen atoms in total. The van der Waals surface area contributed by atoms with Gasteiger partial charge in [0.2, 0.25) is 5.91 Å². The smallest absolute Gasteiger partial charge is 0.478 e. The van der Waals surface area contributed by atoms with Gasteiger partial charge in [-0.2, -0.15) is 13.2 Å². The van der Waals surface area contributed by atoms with E-state index >= 15 is 0 Å². The second kappa shape index (κ2) is 8.09. The van der Waals surface area contributed by atoms with Crippen LogP contribution in [-0.4, -0.2) is 39.2 Å². The van der Waals surface area contributed by atoms with Crippen molar-refractivity contribution in [1.82, 2.24) is 4.98 Å². The van der Waals surface area contributed by atoms with E-state index in [1.807, 2.05) is 6.07 Å². The molecule has 130 valence electrons. The Morgan fingerprint density at radius 1 is 1.25 bits per heavy atom. The zero-order valence-electron chi connectivity index (χ0n) is 12.1. The minimum atomic E-state index is -5.08. The molecular formula is C14H13F3N2O5. The van der Waals surface area contributed by atoms with Crippen molar-refractivity contribution in [3.63, 3.8) is 0 Å². The second-order valence-corrected chi connectivity index (χ2v) is 4.65. The van der Waals surface area contributed by atoms with E-state index in [0.29, 0.717) is 12.2 Å². The molecule has 3 N–H and O–H groups in total. The maximum absolute atomic E-state index is 11.3. The summed E-state index contributed by atoms with van der Waals surface area (Å²) in [7, 11) is 0. The van der Waals surface area contributed by atoms with Gasteiger partial charge in [-0.3, -0.25) is 4.79 Å². The lowest BCUT2D eigenvalue weighted by Gasteiger charge is -2.05. The summed E-state index contributed by atoms with van der Waals surface area (Å²) in [5.74, 6) is -3.19. The number of carbonyl (C=O) groups excluding carboxylic acids is 1. The number of alkyl halides is 3. The Balaban J connectivity index is 0.000000351. The van der Waals surface area contributed by atoms with E-state index in [2.05, 4.69) is 10.3 Å². The van der Waals surface area contributed by atoms with Gasteiger partial charge in [0.1, 0.15) is 5.82 Å². The van der Waals surface area contributed by atoms with Crippen LogP contribution in [0.15, 0.2) is 18.3 Å². The number of carboxylic acid groups (broad SMARTS) is 2. The number of aliphatic carboxylic acids is 2. The lowest BCUT2D eigenvalue weighted by molar-refractivity contribution is -0.192. The molecule has 10 heteroatoms. The van der Waals surface area contributed by atoms with Crippen molar-refractivity contribution >= 4 is 29.7 Å². The molecule has 0 aromatic carbocycles. The minimum absolute atomic E-state index is 0.0231. The SMILES string of the molecule is O=C(O)/C=C/c1cnc2c(c1)CCCC(=O)N2.O=C(O)C(F)(F)F. The molecule has 0 fully saturated rings. The van der Waals surface area contributed by atoms with Gasteiger partial charge in [-0.05, 0) is 36.1 Å². The number of amides is 1. The fraction of sp³-hybridized carbons (Fsp3) is 0.286. The number of carbonyl (C=O) groups is 3. The molecule has 1 aliphatic heterocycles. The lowest BCUT2D eigenvalue weighted by Crippen LogP contribution is -2.21. The van der Waals surface area contributed by atoms with Crippen LogP contribution in [0.3, 0.4) is 0 Å². The second-order valence-electron chi connectivity index (χ2n) is 4.65. The van der Waals surface area contributed by atoms with Crippen molar-refractivity contribution in [3.05, 3.63) is 29.5 Å². The summed E-state index contributed by atoms with van der Waals surface area (Å²) in [6.45, 7) is 0. The summed E-state index contributed by atoms with van der Waals surface area (Å²) in [5.41, 5.74) is 1.67. The zero-order chi connectivity index (χ0) is 18.3. The van der Waals surface area contributed by atoms with Crippen molar-refractivity contribution in [3.8, 4) is 0 Å². The molecule has 24 heavy (non-hydrogen) atoms. The molecule has 0 aliphatic carbocycles. The summed E-state index contributed by atoms with van der Waals surface area (Å²) < 4.78 is 31.7. The number of hydrogen-bond acceptors (Lipinski definition) is 4. The molecule has 1 amide bonds. The molecule has 0 saturated heterocycles. The van der Waals surface area contributed by atoms with Gasteiger partial charge in [-0.1, -0.05) is 0 Å². The highest BCUT2D eigenvalue weighted by atomic mass is 19.4. The van der Waals surface area contributed by atoms with Gasteiger partial charge in [0.25, 0.3) is 0 Å². The number of nitrogens with zero attached hydrogens (tertiary/aromatic N) is 1. The fourth-order valence-electron chi connectivity index (χ4n) is 1.72. The number of pyridine rings is 1. The zero-order valence-corrected chi connectivity index (χ0v) is 12.1. The van der Waals surface area contributed by atoms with Crippen LogP contribution in [-0.2, 0) is 20.8 Å². The summed E-state index contributed by atoms with van der Waals surface area (Å²) in [5, 5.41) is 18.4. The Bertz CT molecular complexity index is 671. The van der Waals surface area contributed by atoms with Gasteiger partial charge in [-0.15, -0.1) is 0 Å². The lowest BCUT2D eigenvalue weighted by atomic mass is 10.1. The van der Waals surface area contributed by atoms with Crippen molar-refractivity contribution in [2.45, 2.75) is 25.4 Å². The van der Waals surface area contributed by atoms with Gasteiger partial charge in [0.15, 0.2) is 0 Å². The molecule has 0 radical (unpaired) electrons. The molecular weight excluding hydrogens is 333 g/mol. The van der Waals surface area contributed by atoms with Crippen LogP contribution in [0, 0.1) is 0 Å². The van der Waals surface area contributed by atoms with Gasteiger partial charge < -0.3 is 15.5 Å². The Morgan fingerprint density at radius 2 is 1.88 bits per heavy atom. The Labute approximate surface area is 133 Å². The first-order valence-electron chi connectivity index (χ1n) is 6.59. The first-order chi connectivity index (χ1) is 11.1. The number of nitrogens with one attached hydrogen (secondary N) is 1. The molecule has 1 aliphatic rings. The number of anilines is 1. The molecule has 0 spiro atoms. The third kappa shape index (κ3) is 6.46. The van der Waals surface area contributed by atoms with Crippen LogP contribution < -0.4 is 5.32 Å². The van der Waals surface area contributed by atoms with Crippen molar-refractivity contribution in [2.24, 2.45) is 0 Å². The minimum Gasteiger partial charge on any atom is -0.478 e. The Morgan fingerprint density at radius 3 is 2.42 bits per heavy atom. The summed E-state index contributed by atoms with van der Waals surface area (Å²) in [6, 6.07) is 1.85. The summed E-state index contributed by atoms with van der Waals surface area (Å²) >= 11 is 0. The molecule has 0 bridgehead atoms. The molecule has 1 aromatic rings. The molecule has 0 atom stereocenters. The van der Waals surface area contributed by atoms with E-state index in [1.54, 1.807) is 6.20 Å². The van der Waals surface area contributed by atoms with E-state index < -0.39 is 18.1 Å². The Hall–Kier alpha value is -2.91. The molecule has 2 heterocycles.